The first-order valence-electron chi connectivity index (χ1n) is 6.73. The average molecular weight is 391 g/mol. The van der Waals surface area contributed by atoms with Crippen molar-refractivity contribution in [1.82, 2.24) is 5.32 Å². The van der Waals surface area contributed by atoms with Crippen LogP contribution < -0.4 is 15.8 Å². The molecule has 0 unspecified atom stereocenters. The van der Waals surface area contributed by atoms with Crippen LogP contribution in [-0.2, 0) is 6.54 Å². The Morgan fingerprint density at radius 1 is 1.30 bits per heavy atom. The summed E-state index contributed by atoms with van der Waals surface area (Å²) < 4.78 is 5.92. The third kappa shape index (κ3) is 7.57. The van der Waals surface area contributed by atoms with Gasteiger partial charge in [0, 0.05) is 12.1 Å². The number of nitrogens with two attached hydrogens (primary N) is 1. The number of ether oxygens (including phenoxy) is 1. The van der Waals surface area contributed by atoms with Crippen LogP contribution in [0.4, 0.5) is 0 Å². The molecule has 0 saturated heterocycles. The molecular formula is C15H26IN3O. The van der Waals surface area contributed by atoms with Crippen molar-refractivity contribution in [2.45, 2.75) is 46.3 Å². The summed E-state index contributed by atoms with van der Waals surface area (Å²) in [4.78, 5) is 4.33. The number of para-hydroxylation sites is 1. The Labute approximate surface area is 139 Å². The Kier molecular flexibility index (Phi) is 8.60. The summed E-state index contributed by atoms with van der Waals surface area (Å²) in [5.41, 5.74) is 6.61. The molecular weight excluding hydrogens is 365 g/mol. The molecule has 0 bridgehead atoms. The van der Waals surface area contributed by atoms with Crippen molar-refractivity contribution < 1.29 is 4.74 Å². The molecule has 0 aromatic heterocycles. The molecule has 4 nitrogen and oxygen atoms in total. The summed E-state index contributed by atoms with van der Waals surface area (Å²) >= 11 is 0. The van der Waals surface area contributed by atoms with E-state index >= 15 is 0 Å². The van der Waals surface area contributed by atoms with E-state index in [0.717, 1.165) is 24.3 Å². The van der Waals surface area contributed by atoms with Crippen LogP contribution in [0.5, 0.6) is 5.75 Å². The number of hydrogen-bond donors (Lipinski definition) is 2. The van der Waals surface area contributed by atoms with Crippen molar-refractivity contribution in [2.75, 3.05) is 6.54 Å². The van der Waals surface area contributed by atoms with Crippen LogP contribution in [0.15, 0.2) is 29.3 Å². The van der Waals surface area contributed by atoms with Crippen molar-refractivity contribution in [3.63, 3.8) is 0 Å². The average Bonchev–Trinajstić information content (AvgIpc) is 2.33. The SMILES string of the molecule is CCCNC(N)=NCc1ccccc1OC(C)(C)C.I. The predicted molar refractivity (Wildman–Crippen MR) is 95.9 cm³/mol. The van der Waals surface area contributed by atoms with E-state index in [0.29, 0.717) is 12.5 Å². The molecule has 3 N–H and O–H groups in total. The molecule has 0 amide bonds. The van der Waals surface area contributed by atoms with E-state index in [1.54, 1.807) is 0 Å². The fourth-order valence-electron chi connectivity index (χ4n) is 1.54. The highest BCUT2D eigenvalue weighted by Gasteiger charge is 2.13. The van der Waals surface area contributed by atoms with Crippen LogP contribution in [0.25, 0.3) is 0 Å². The second kappa shape index (κ2) is 9.05. The topological polar surface area (TPSA) is 59.6 Å². The number of halogens is 1. The van der Waals surface area contributed by atoms with Crippen LogP contribution in [0.2, 0.25) is 0 Å². The Hall–Kier alpha value is -0.980. The first kappa shape index (κ1) is 19.0. The quantitative estimate of drug-likeness (QED) is 0.460. The molecule has 0 saturated carbocycles. The normalized spacial score (nSPS) is 11.7. The van der Waals surface area contributed by atoms with Crippen LogP contribution in [0, 0.1) is 0 Å². The number of aliphatic imine (C=N–C) groups is 1. The fourth-order valence-corrected chi connectivity index (χ4v) is 1.54. The van der Waals surface area contributed by atoms with Crippen molar-refractivity contribution in [1.29, 1.82) is 0 Å². The van der Waals surface area contributed by atoms with Gasteiger partial charge >= 0.3 is 0 Å². The maximum atomic E-state index is 5.92. The molecule has 0 aliphatic heterocycles. The van der Waals surface area contributed by atoms with Crippen LogP contribution in [0.3, 0.4) is 0 Å². The van der Waals surface area contributed by atoms with E-state index in [1.807, 2.05) is 45.0 Å². The number of guanidine groups is 1. The summed E-state index contributed by atoms with van der Waals surface area (Å²) in [5, 5.41) is 3.06. The van der Waals surface area contributed by atoms with Crippen molar-refractivity contribution in [3.8, 4) is 5.75 Å². The highest BCUT2D eigenvalue weighted by molar-refractivity contribution is 14.0. The number of nitrogens with one attached hydrogen (secondary N) is 1. The molecule has 0 heterocycles. The number of benzene rings is 1. The van der Waals surface area contributed by atoms with Gasteiger partial charge in [0.05, 0.1) is 6.54 Å². The zero-order chi connectivity index (χ0) is 14.3. The van der Waals surface area contributed by atoms with Gasteiger partial charge in [-0.25, -0.2) is 4.99 Å². The van der Waals surface area contributed by atoms with Gasteiger partial charge < -0.3 is 15.8 Å². The van der Waals surface area contributed by atoms with Crippen LogP contribution >= 0.6 is 24.0 Å². The third-order valence-corrected chi connectivity index (χ3v) is 2.36. The van der Waals surface area contributed by atoms with E-state index in [9.17, 15) is 0 Å². The molecule has 114 valence electrons. The Morgan fingerprint density at radius 2 is 1.95 bits per heavy atom. The third-order valence-electron chi connectivity index (χ3n) is 2.36. The highest BCUT2D eigenvalue weighted by atomic mass is 127. The van der Waals surface area contributed by atoms with E-state index in [-0.39, 0.29) is 29.6 Å². The molecule has 0 atom stereocenters. The van der Waals surface area contributed by atoms with Gasteiger partial charge in [-0.3, -0.25) is 0 Å². The van der Waals surface area contributed by atoms with Crippen molar-refractivity contribution in [3.05, 3.63) is 29.8 Å². The molecule has 0 aliphatic rings. The van der Waals surface area contributed by atoms with Gasteiger partial charge in [-0.05, 0) is 33.3 Å². The highest BCUT2D eigenvalue weighted by Crippen LogP contribution is 2.23. The molecule has 0 spiro atoms. The lowest BCUT2D eigenvalue weighted by atomic mass is 10.1. The number of nitrogens with zero attached hydrogens (tertiary/aromatic N) is 1. The van der Waals surface area contributed by atoms with E-state index < -0.39 is 0 Å². The molecule has 0 fully saturated rings. The van der Waals surface area contributed by atoms with Gasteiger partial charge in [-0.2, -0.15) is 0 Å². The van der Waals surface area contributed by atoms with E-state index in [1.165, 1.54) is 0 Å². The summed E-state index contributed by atoms with van der Waals surface area (Å²) in [7, 11) is 0. The minimum atomic E-state index is -0.216. The Balaban J connectivity index is 0.00000361. The second-order valence-electron chi connectivity index (χ2n) is 5.45. The van der Waals surface area contributed by atoms with Crippen LogP contribution in [0.1, 0.15) is 39.7 Å². The minimum absolute atomic E-state index is 0. The number of hydrogen-bond acceptors (Lipinski definition) is 2. The monoisotopic (exact) mass is 391 g/mol. The molecule has 0 aliphatic carbocycles. The van der Waals surface area contributed by atoms with Gasteiger partial charge in [0.1, 0.15) is 11.4 Å². The lowest BCUT2D eigenvalue weighted by molar-refractivity contribution is 0.129. The number of rotatable bonds is 5. The molecule has 20 heavy (non-hydrogen) atoms. The standard InChI is InChI=1S/C15H25N3O.HI/c1-5-10-17-14(16)18-11-12-8-6-7-9-13(12)19-15(2,3)4;/h6-9H,5,10-11H2,1-4H3,(H3,16,17,18);1H. The second-order valence-corrected chi connectivity index (χ2v) is 5.45. The summed E-state index contributed by atoms with van der Waals surface area (Å²) in [6, 6.07) is 7.92. The molecule has 1 rings (SSSR count). The van der Waals surface area contributed by atoms with Crippen molar-refractivity contribution in [2.24, 2.45) is 10.7 Å². The molecule has 0 radical (unpaired) electrons. The minimum Gasteiger partial charge on any atom is -0.488 e. The van der Waals surface area contributed by atoms with Gasteiger partial charge in [0.25, 0.3) is 0 Å². The fraction of sp³-hybridized carbons (Fsp3) is 0.533. The zero-order valence-corrected chi connectivity index (χ0v) is 15.1. The molecule has 1 aromatic rings. The first-order chi connectivity index (χ1) is 8.92. The maximum absolute atomic E-state index is 5.92. The lowest BCUT2D eigenvalue weighted by Gasteiger charge is -2.23. The van der Waals surface area contributed by atoms with Gasteiger partial charge in [0.2, 0.25) is 0 Å². The predicted octanol–water partition coefficient (Wildman–Crippen LogP) is 3.30. The van der Waals surface area contributed by atoms with E-state index in [2.05, 4.69) is 17.2 Å². The summed E-state index contributed by atoms with van der Waals surface area (Å²) in [5.74, 6) is 1.34. The van der Waals surface area contributed by atoms with Crippen LogP contribution in [-0.4, -0.2) is 18.1 Å². The maximum Gasteiger partial charge on any atom is 0.188 e. The van der Waals surface area contributed by atoms with Crippen molar-refractivity contribution >= 4 is 29.9 Å². The summed E-state index contributed by atoms with van der Waals surface area (Å²) in [6.07, 6.45) is 1.03. The zero-order valence-electron chi connectivity index (χ0n) is 12.8. The van der Waals surface area contributed by atoms with Gasteiger partial charge in [-0.15, -0.1) is 24.0 Å². The lowest BCUT2D eigenvalue weighted by Crippen LogP contribution is -2.32. The molecule has 5 heteroatoms. The first-order valence-corrected chi connectivity index (χ1v) is 6.73. The Bertz CT molecular complexity index is 427. The van der Waals surface area contributed by atoms with Gasteiger partial charge in [0.15, 0.2) is 5.96 Å². The summed E-state index contributed by atoms with van der Waals surface area (Å²) in [6.45, 7) is 9.55. The van der Waals surface area contributed by atoms with Gasteiger partial charge in [-0.1, -0.05) is 25.1 Å². The smallest absolute Gasteiger partial charge is 0.188 e. The molecule has 1 aromatic carbocycles. The van der Waals surface area contributed by atoms with E-state index in [4.69, 9.17) is 10.5 Å². The largest absolute Gasteiger partial charge is 0.488 e. The Morgan fingerprint density at radius 3 is 2.55 bits per heavy atom.